The number of nitrogens with zero attached hydrogens (tertiary/aromatic N) is 5. The Hall–Kier alpha value is -6.16. The summed E-state index contributed by atoms with van der Waals surface area (Å²) in [6, 6.07) is 89.5. The molecular weight excluding hydrogens is 2320 g/mol. The van der Waals surface area contributed by atoms with E-state index < -0.39 is 44.5 Å². The molecule has 0 aliphatic rings. The number of carbonyl (C=O) groups is 4. The summed E-state index contributed by atoms with van der Waals surface area (Å²) in [5.41, 5.74) is 12.6. The van der Waals surface area contributed by atoms with Crippen molar-refractivity contribution in [1.82, 2.24) is 0 Å². The normalized spacial score (nSPS) is 11.6. The molecule has 149 heavy (non-hydrogen) atoms. The van der Waals surface area contributed by atoms with Crippen molar-refractivity contribution in [3.8, 4) is 0 Å². The van der Waals surface area contributed by atoms with Crippen LogP contribution < -0.4 is 23.3 Å². The molecule has 4 atom stereocenters. The molecule has 785 valence electrons. The van der Waals surface area contributed by atoms with Crippen LogP contribution in [0.2, 0.25) is 0 Å². The average Bonchev–Trinajstić information content (AvgIpc) is 1.48. The first-order valence-electron chi connectivity index (χ1n) is 50.8. The van der Waals surface area contributed by atoms with Gasteiger partial charge in [-0.05, 0) is 194 Å². The number of aryl methyl sites for hydroxylation is 3. The molecule has 13 aromatic rings. The quantitative estimate of drug-likeness (QED) is 0.0157. The zero-order valence-corrected chi connectivity index (χ0v) is 105. The molecule has 4 N–H and O–H groups in total. The number of unbranched alkanes of at least 4 members (excludes halogenated alkanes) is 8. The van der Waals surface area contributed by atoms with Crippen molar-refractivity contribution in [3.63, 3.8) is 0 Å². The average molecular weight is 2470 g/mol. The smallest absolute Gasteiger partial charge is 0.298 e. The van der Waals surface area contributed by atoms with Crippen molar-refractivity contribution in [2.45, 2.75) is 252 Å². The van der Waals surface area contributed by atoms with Crippen LogP contribution in [0, 0.1) is 35.9 Å². The molecule has 3 amide bonds. The Kier molecular flexibility index (Phi) is 68.6. The molecule has 13 rings (SSSR count). The molecular formula is C120H146N5O15S4Y5-5. The Morgan fingerprint density at radius 3 is 1.39 bits per heavy atom. The number of carbonyl (C=O) groups excluding carboxylic acids is 4. The van der Waals surface area contributed by atoms with E-state index in [1.54, 1.807) is 95.6 Å². The van der Waals surface area contributed by atoms with Gasteiger partial charge in [-0.3, -0.25) is 39.1 Å². The van der Waals surface area contributed by atoms with Gasteiger partial charge in [-0.15, -0.1) is 26.6 Å². The summed E-state index contributed by atoms with van der Waals surface area (Å²) in [6.07, 6.45) is 23.4. The van der Waals surface area contributed by atoms with Gasteiger partial charge in [0.15, 0.2) is 5.78 Å². The van der Waals surface area contributed by atoms with Gasteiger partial charge >= 0.3 is 0 Å². The van der Waals surface area contributed by atoms with Crippen molar-refractivity contribution in [2.75, 3.05) is 61.8 Å². The number of anilines is 5. The summed E-state index contributed by atoms with van der Waals surface area (Å²) in [4.78, 5) is 57.6. The second kappa shape index (κ2) is 75.7. The number of sulfonamides is 2. The molecule has 20 nitrogen and oxygen atoms in total. The summed E-state index contributed by atoms with van der Waals surface area (Å²) >= 11 is 3.20. The molecule has 29 heteroatoms. The minimum absolute atomic E-state index is 0. The SMILES string of the molecule is CC(=O)N(CCCCc1cc[c-]o1)c1ccc(C(O)CC(C)C)cc1.CCCCC(O)c1ccc(N(CCOCc2cc[c-]s2)C(C)=O)cc1.CCCCCC(O)c1ccc(N(CCCCc2cc[c-]s2)C(=O)c2ccccc2)cc1.CCCS(=O)(=O)N(CCCCc1c[c-]ccc1)c1ccc(C(=O)Cc2ccccc2)cc1.[CH2-]Cc1ccc(CN(c2ccc(C(O)CCCCC)cc2)S(=O)(=O)c2ccco2)cc1.[Y].[Y].[Y].[Y].[Y]. The number of Topliss-reactive ketones (excluding diaryl/α,β-unsaturated/α-hetero) is 1. The van der Waals surface area contributed by atoms with Crippen molar-refractivity contribution in [2.24, 2.45) is 5.92 Å². The first-order chi connectivity index (χ1) is 69.7. The predicted molar refractivity (Wildman–Crippen MR) is 585 cm³/mol. The monoisotopic (exact) mass is 2470 g/mol. The number of ketones is 1. The predicted octanol–water partition coefficient (Wildman–Crippen LogP) is 26.8. The summed E-state index contributed by atoms with van der Waals surface area (Å²) in [5.74, 6) is 1.52. The Balaban J connectivity index is 0.000000386. The van der Waals surface area contributed by atoms with Gasteiger partial charge in [0.1, 0.15) is 0 Å². The Bertz CT molecular complexity index is 5980. The number of aliphatic hydroxyl groups excluding tert-OH is 4. The molecule has 4 heterocycles. The van der Waals surface area contributed by atoms with E-state index in [1.807, 2.05) is 212 Å². The Morgan fingerprint density at radius 2 is 0.899 bits per heavy atom. The second-order valence-electron chi connectivity index (χ2n) is 36.3. The summed E-state index contributed by atoms with van der Waals surface area (Å²) in [5, 5.41) is 47.3. The molecule has 4 aromatic heterocycles. The number of benzene rings is 9. The number of thiophene rings is 2. The van der Waals surface area contributed by atoms with Gasteiger partial charge in [-0.25, -0.2) is 14.5 Å². The van der Waals surface area contributed by atoms with Crippen molar-refractivity contribution < 1.29 is 234 Å². The van der Waals surface area contributed by atoms with Crippen LogP contribution >= 0.6 is 22.7 Å². The summed E-state index contributed by atoms with van der Waals surface area (Å²) in [6.45, 7) is 22.9. The molecule has 0 aliphatic carbocycles. The molecule has 0 saturated heterocycles. The maximum absolute atomic E-state index is 13.3. The molecule has 0 aliphatic heterocycles. The van der Waals surface area contributed by atoms with E-state index in [9.17, 15) is 56.4 Å². The molecule has 4 unspecified atom stereocenters. The first kappa shape index (κ1) is 135. The fourth-order valence-electron chi connectivity index (χ4n) is 16.3. The van der Waals surface area contributed by atoms with E-state index in [-0.39, 0.29) is 204 Å². The minimum atomic E-state index is -3.88. The number of hydrogen-bond acceptors (Lipinski definition) is 17. The van der Waals surface area contributed by atoms with E-state index >= 15 is 0 Å². The summed E-state index contributed by atoms with van der Waals surface area (Å²) < 4.78 is 71.3. The van der Waals surface area contributed by atoms with E-state index in [0.717, 1.165) is 195 Å². The fourth-order valence-corrected chi connectivity index (χ4v) is 20.5. The van der Waals surface area contributed by atoms with Crippen LogP contribution in [-0.2, 0) is 243 Å². The second-order valence-corrected chi connectivity index (χ2v) is 42.0. The van der Waals surface area contributed by atoms with Gasteiger partial charge in [0, 0.05) is 245 Å². The van der Waals surface area contributed by atoms with Gasteiger partial charge in [-0.2, -0.15) is 75.0 Å². The van der Waals surface area contributed by atoms with Crippen LogP contribution in [-0.4, -0.2) is 99.3 Å². The molecule has 5 radical (unpaired) electrons. The van der Waals surface area contributed by atoms with Crippen LogP contribution in [0.4, 0.5) is 28.4 Å². The van der Waals surface area contributed by atoms with Crippen molar-refractivity contribution >= 4 is 94.7 Å². The Labute approximate surface area is 1020 Å². The van der Waals surface area contributed by atoms with Gasteiger partial charge < -0.3 is 67.0 Å². The van der Waals surface area contributed by atoms with Crippen molar-refractivity contribution in [1.29, 1.82) is 0 Å². The Morgan fingerprint density at radius 1 is 0.423 bits per heavy atom. The van der Waals surface area contributed by atoms with Gasteiger partial charge in [0.25, 0.3) is 15.9 Å². The van der Waals surface area contributed by atoms with Crippen LogP contribution in [0.5, 0.6) is 0 Å². The summed E-state index contributed by atoms with van der Waals surface area (Å²) in [7, 11) is -7.29. The van der Waals surface area contributed by atoms with Gasteiger partial charge in [-0.1, -0.05) is 264 Å². The number of rotatable bonds is 54. The topological polar surface area (TPSA) is 269 Å². The number of ether oxygens (including phenoxy) is 1. The number of aliphatic hydroxyl groups is 4. The van der Waals surface area contributed by atoms with Crippen LogP contribution in [0.15, 0.2) is 299 Å². The van der Waals surface area contributed by atoms with Crippen LogP contribution in [0.1, 0.15) is 283 Å². The minimum Gasteiger partial charge on any atom is -0.596 e. The van der Waals surface area contributed by atoms with E-state index in [2.05, 4.69) is 76.8 Å². The molecule has 0 spiro atoms. The number of hydrogen-bond donors (Lipinski definition) is 4. The molecule has 9 aromatic carbocycles. The molecule has 0 fully saturated rings. The van der Waals surface area contributed by atoms with Gasteiger partial charge in [0.05, 0.1) is 61.0 Å². The number of amides is 3. The third kappa shape index (κ3) is 48.2. The zero-order chi connectivity index (χ0) is 103. The van der Waals surface area contributed by atoms with E-state index in [0.29, 0.717) is 93.5 Å². The largest absolute Gasteiger partial charge is 0.596 e. The van der Waals surface area contributed by atoms with Crippen molar-refractivity contribution in [3.05, 3.63) is 386 Å². The standard InChI is InChI=1S/C27H30NO3S.C27H32NO2S.C25H30NO4S.C21H28NO3.C20H26NO3S.5Y/c1-2-21-32(30,31)28(20-10-9-13-23-11-5-3-6-12-23)26-18-16-25(17-19-26)27(29)22-24-14-7-4-8-15-24;1-2-3-5-15-26(29)22-16-18-24(19-17-22)28(27(30)23-11-6-4-7-12-23)20-9-8-13-25-14-10-21-31-25;1-3-5-6-8-24(27)22-14-16-23(17-15-22)26(31(28,29)25-9-7-18-30-25)19-21-12-10-20(4-2)11-13-21;1-16(2)15-21(24)18-9-11-19(12-10-18)22(17(3)23)13-5-4-7-20-8-6-14-25-20;1-3-4-7-20(23)17-8-10-18(11-9-17)21(16(2)22)12-13-24-15-19-6-5-14-25-19;;;;;/h3-5,7-8,11-12,14-19H,2,9-10,13,20-22H2,1H3;4,6-7,10-12,14,16-19,26,29H,2-3,5,8-9,13,15,20H2,1H3;7,9-18,24,27H,2-6,8,19H2,1H3;6,8-12,16,21,24H,4-5,7,13,15H2,1-3H3;5-6,8-11,20,23H,3-4,7,12-13,15H2,1-2H3;;;;;/q5*-1;;;;;. The maximum Gasteiger partial charge on any atom is 0.298 e. The van der Waals surface area contributed by atoms with Crippen LogP contribution in [0.3, 0.4) is 0 Å². The zero-order valence-electron chi connectivity index (χ0n) is 87.9. The van der Waals surface area contributed by atoms with E-state index in [1.165, 1.54) is 42.7 Å². The van der Waals surface area contributed by atoms with Gasteiger partial charge in [0.2, 0.25) is 26.9 Å². The fraction of sp³-hybridized carbons (Fsp3) is 0.375. The molecule has 0 saturated carbocycles. The van der Waals surface area contributed by atoms with E-state index in [4.69, 9.17) is 13.6 Å². The molecule has 0 bridgehead atoms. The van der Waals surface area contributed by atoms with Crippen LogP contribution in [0.25, 0.3) is 0 Å². The number of furan rings is 2. The first-order valence-corrected chi connectivity index (χ1v) is 55.4. The maximum atomic E-state index is 13.3. The third-order valence-electron chi connectivity index (χ3n) is 24.5. The third-order valence-corrected chi connectivity index (χ3v) is 29.7.